The molecule has 154 valence electrons. The molecule has 4 aliphatic carbocycles. The lowest BCUT2D eigenvalue weighted by Crippen LogP contribution is -2.56. The predicted octanol–water partition coefficient (Wildman–Crippen LogP) is 6.43. The van der Waals surface area contributed by atoms with Crippen molar-refractivity contribution in [2.75, 3.05) is 13.2 Å². The second-order valence-corrected chi connectivity index (χ2v) is 11.6. The molecular formula is C25H42O2. The van der Waals surface area contributed by atoms with Gasteiger partial charge in [-0.05, 0) is 91.3 Å². The SMILES string of the molecule is CC[C@@H](C)[C@H]1CCC2C3CC[C@H]4CC5(CC[C@]4(C)C3CC[C@@]21C)OCCO5. The highest BCUT2D eigenvalue weighted by molar-refractivity contribution is 5.10. The molecule has 1 saturated heterocycles. The number of hydrogen-bond acceptors (Lipinski definition) is 2. The third kappa shape index (κ3) is 2.64. The van der Waals surface area contributed by atoms with E-state index in [2.05, 4.69) is 27.7 Å². The van der Waals surface area contributed by atoms with E-state index in [4.69, 9.17) is 9.47 Å². The Morgan fingerprint density at radius 2 is 1.59 bits per heavy atom. The first-order valence-electron chi connectivity index (χ1n) is 12.2. The van der Waals surface area contributed by atoms with Gasteiger partial charge in [-0.3, -0.25) is 0 Å². The van der Waals surface area contributed by atoms with Gasteiger partial charge in [0.1, 0.15) is 0 Å². The summed E-state index contributed by atoms with van der Waals surface area (Å²) < 4.78 is 12.3. The van der Waals surface area contributed by atoms with E-state index in [1.807, 2.05) is 0 Å². The molecule has 2 heteroatoms. The van der Waals surface area contributed by atoms with Crippen LogP contribution < -0.4 is 0 Å². The van der Waals surface area contributed by atoms with Gasteiger partial charge < -0.3 is 9.47 Å². The summed E-state index contributed by atoms with van der Waals surface area (Å²) in [4.78, 5) is 0. The molecule has 0 aromatic carbocycles. The fourth-order valence-corrected chi connectivity index (χ4v) is 9.22. The van der Waals surface area contributed by atoms with Crippen LogP contribution in [0.2, 0.25) is 0 Å². The van der Waals surface area contributed by atoms with Crippen LogP contribution in [0.15, 0.2) is 0 Å². The molecule has 1 heterocycles. The quantitative estimate of drug-likeness (QED) is 0.554. The Balaban J connectivity index is 1.38. The average Bonchev–Trinajstić information content (AvgIpc) is 3.26. The smallest absolute Gasteiger partial charge is 0.168 e. The molecule has 0 radical (unpaired) electrons. The normalized spacial score (nSPS) is 52.2. The molecule has 0 bridgehead atoms. The van der Waals surface area contributed by atoms with E-state index in [9.17, 15) is 0 Å². The number of hydrogen-bond donors (Lipinski definition) is 0. The van der Waals surface area contributed by atoms with Crippen molar-refractivity contribution in [2.24, 2.45) is 46.3 Å². The molecule has 0 N–H and O–H groups in total. The second kappa shape index (κ2) is 6.46. The van der Waals surface area contributed by atoms with E-state index in [-0.39, 0.29) is 5.79 Å². The Hall–Kier alpha value is -0.0800. The van der Waals surface area contributed by atoms with Gasteiger partial charge in [-0.25, -0.2) is 0 Å². The lowest BCUT2D eigenvalue weighted by Gasteiger charge is -2.62. The zero-order valence-corrected chi connectivity index (χ0v) is 18.3. The summed E-state index contributed by atoms with van der Waals surface area (Å²) in [6.07, 6.45) is 13.9. The van der Waals surface area contributed by atoms with Crippen LogP contribution in [0.4, 0.5) is 0 Å². The van der Waals surface area contributed by atoms with Crippen LogP contribution in [-0.4, -0.2) is 19.0 Å². The van der Waals surface area contributed by atoms with Crippen molar-refractivity contribution in [1.29, 1.82) is 0 Å². The van der Waals surface area contributed by atoms with Gasteiger partial charge in [0.2, 0.25) is 0 Å². The van der Waals surface area contributed by atoms with Gasteiger partial charge in [-0.2, -0.15) is 0 Å². The molecule has 2 nitrogen and oxygen atoms in total. The van der Waals surface area contributed by atoms with Crippen LogP contribution in [0.3, 0.4) is 0 Å². The largest absolute Gasteiger partial charge is 0.348 e. The van der Waals surface area contributed by atoms with Crippen molar-refractivity contribution >= 4 is 0 Å². The molecule has 5 aliphatic rings. The van der Waals surface area contributed by atoms with E-state index < -0.39 is 0 Å². The highest BCUT2D eigenvalue weighted by atomic mass is 16.7. The van der Waals surface area contributed by atoms with Gasteiger partial charge in [0, 0.05) is 12.8 Å². The van der Waals surface area contributed by atoms with E-state index in [0.717, 1.165) is 55.1 Å². The van der Waals surface area contributed by atoms with Gasteiger partial charge in [0.25, 0.3) is 0 Å². The minimum atomic E-state index is -0.199. The van der Waals surface area contributed by atoms with Crippen molar-refractivity contribution in [3.05, 3.63) is 0 Å². The predicted molar refractivity (Wildman–Crippen MR) is 109 cm³/mol. The first kappa shape index (κ1) is 18.9. The van der Waals surface area contributed by atoms with Crippen molar-refractivity contribution in [3.63, 3.8) is 0 Å². The summed E-state index contributed by atoms with van der Waals surface area (Å²) in [5, 5.41) is 0. The molecule has 0 amide bonds. The lowest BCUT2D eigenvalue weighted by molar-refractivity contribution is -0.229. The summed E-state index contributed by atoms with van der Waals surface area (Å²) in [6.45, 7) is 11.9. The molecule has 3 unspecified atom stereocenters. The van der Waals surface area contributed by atoms with Crippen LogP contribution in [0.1, 0.15) is 91.9 Å². The number of fused-ring (bicyclic) bond motifs is 5. The molecule has 1 spiro atoms. The highest BCUT2D eigenvalue weighted by Crippen LogP contribution is 2.69. The summed E-state index contributed by atoms with van der Waals surface area (Å²) in [5.74, 6) is 5.48. The maximum atomic E-state index is 6.13. The number of ether oxygens (including phenoxy) is 2. The first-order chi connectivity index (χ1) is 12.9. The average molecular weight is 375 g/mol. The van der Waals surface area contributed by atoms with Gasteiger partial charge >= 0.3 is 0 Å². The fraction of sp³-hybridized carbons (Fsp3) is 1.00. The van der Waals surface area contributed by atoms with Gasteiger partial charge in [-0.1, -0.05) is 34.1 Å². The Labute approximate surface area is 167 Å². The maximum Gasteiger partial charge on any atom is 0.168 e. The summed E-state index contributed by atoms with van der Waals surface area (Å²) in [5.41, 5.74) is 1.17. The van der Waals surface area contributed by atoms with Crippen molar-refractivity contribution in [1.82, 2.24) is 0 Å². The molecule has 0 aromatic rings. The van der Waals surface area contributed by atoms with Gasteiger partial charge in [0.05, 0.1) is 13.2 Å². The van der Waals surface area contributed by atoms with Crippen molar-refractivity contribution in [3.8, 4) is 0 Å². The first-order valence-corrected chi connectivity index (χ1v) is 12.2. The minimum absolute atomic E-state index is 0.199. The molecule has 5 fully saturated rings. The molecule has 5 rings (SSSR count). The standard InChI is InChI=1S/C25H42O2/c1-5-17(2)20-8-9-21-19-7-6-18-16-25(26-14-15-27-25)13-12-23(18,3)22(19)10-11-24(20,21)4/h17-22H,5-16H2,1-4H3/t17-,18+,19?,20-,21?,22?,23+,24-/m1/s1. The third-order valence-electron chi connectivity index (χ3n) is 10.9. The third-order valence-corrected chi connectivity index (χ3v) is 10.9. The topological polar surface area (TPSA) is 18.5 Å². The second-order valence-electron chi connectivity index (χ2n) is 11.6. The van der Waals surface area contributed by atoms with E-state index in [0.29, 0.717) is 10.8 Å². The van der Waals surface area contributed by atoms with Crippen molar-refractivity contribution < 1.29 is 9.47 Å². The Morgan fingerprint density at radius 1 is 0.852 bits per heavy atom. The zero-order valence-electron chi connectivity index (χ0n) is 18.3. The van der Waals surface area contributed by atoms with E-state index in [1.165, 1.54) is 57.8 Å². The molecule has 27 heavy (non-hydrogen) atoms. The van der Waals surface area contributed by atoms with E-state index >= 15 is 0 Å². The van der Waals surface area contributed by atoms with Crippen LogP contribution in [0, 0.1) is 46.3 Å². The van der Waals surface area contributed by atoms with E-state index in [1.54, 1.807) is 0 Å². The van der Waals surface area contributed by atoms with Gasteiger partial charge in [0.15, 0.2) is 5.79 Å². The fourth-order valence-electron chi connectivity index (χ4n) is 9.22. The van der Waals surface area contributed by atoms with Crippen LogP contribution in [0.25, 0.3) is 0 Å². The molecular weight excluding hydrogens is 332 g/mol. The van der Waals surface area contributed by atoms with Crippen LogP contribution in [-0.2, 0) is 9.47 Å². The molecule has 1 aliphatic heterocycles. The molecule has 4 saturated carbocycles. The lowest BCUT2D eigenvalue weighted by atomic mass is 9.44. The minimum Gasteiger partial charge on any atom is -0.348 e. The molecule has 8 atom stereocenters. The Morgan fingerprint density at radius 3 is 2.33 bits per heavy atom. The zero-order chi connectivity index (χ0) is 18.9. The van der Waals surface area contributed by atoms with Crippen LogP contribution in [0.5, 0.6) is 0 Å². The number of rotatable bonds is 2. The summed E-state index contributed by atoms with van der Waals surface area (Å²) in [7, 11) is 0. The van der Waals surface area contributed by atoms with Crippen LogP contribution >= 0.6 is 0 Å². The highest BCUT2D eigenvalue weighted by Gasteiger charge is 2.62. The van der Waals surface area contributed by atoms with Crippen molar-refractivity contribution in [2.45, 2.75) is 97.7 Å². The Kier molecular flexibility index (Phi) is 4.53. The summed E-state index contributed by atoms with van der Waals surface area (Å²) in [6, 6.07) is 0. The summed E-state index contributed by atoms with van der Waals surface area (Å²) >= 11 is 0. The van der Waals surface area contributed by atoms with Gasteiger partial charge in [-0.15, -0.1) is 0 Å². The molecule has 0 aromatic heterocycles. The monoisotopic (exact) mass is 374 g/mol. The Bertz CT molecular complexity index is 567. The maximum absolute atomic E-state index is 6.13.